The summed E-state index contributed by atoms with van der Waals surface area (Å²) in [5.74, 6) is 0.0458. The van der Waals surface area contributed by atoms with Crippen molar-refractivity contribution in [1.82, 2.24) is 0 Å². The first-order valence-corrected chi connectivity index (χ1v) is 5.52. The van der Waals surface area contributed by atoms with Crippen molar-refractivity contribution in [3.05, 3.63) is 22.4 Å². The quantitative estimate of drug-likeness (QED) is 0.523. The first kappa shape index (κ1) is 11.5. The highest BCUT2D eigenvalue weighted by atomic mass is 32.1. The Hall–Kier alpha value is -1.56. The van der Waals surface area contributed by atoms with Crippen LogP contribution in [-0.2, 0) is 0 Å². The summed E-state index contributed by atoms with van der Waals surface area (Å²) < 4.78 is 0. The largest absolute Gasteiger partial charge is 0.370 e. The molecule has 0 spiro atoms. The average Bonchev–Trinajstić information content (AvgIpc) is 2.65. The Balaban J connectivity index is 2.82. The van der Waals surface area contributed by atoms with Gasteiger partial charge in [-0.2, -0.15) is 16.3 Å². The topological polar surface area (TPSA) is 103 Å². The molecule has 1 aromatic rings. The zero-order valence-electron chi connectivity index (χ0n) is 8.55. The molecule has 0 radical (unpaired) electrons. The molecule has 0 fully saturated rings. The van der Waals surface area contributed by atoms with Gasteiger partial charge in [0.25, 0.3) is 0 Å². The summed E-state index contributed by atoms with van der Waals surface area (Å²) in [4.78, 5) is 7.91. The Kier molecular flexibility index (Phi) is 4.11. The summed E-state index contributed by atoms with van der Waals surface area (Å²) in [5.41, 5.74) is 17.1. The highest BCUT2D eigenvalue weighted by molar-refractivity contribution is 7.07. The molecule has 0 aliphatic rings. The molecular formula is C9H15N5S. The highest BCUT2D eigenvalue weighted by Gasteiger charge is 2.08. The predicted molar refractivity (Wildman–Crippen MR) is 64.8 cm³/mol. The lowest BCUT2D eigenvalue weighted by molar-refractivity contribution is 0.702. The van der Waals surface area contributed by atoms with E-state index in [1.54, 1.807) is 11.3 Å². The zero-order chi connectivity index (χ0) is 11.3. The van der Waals surface area contributed by atoms with Crippen molar-refractivity contribution < 1.29 is 0 Å². The van der Waals surface area contributed by atoms with Gasteiger partial charge in [-0.1, -0.05) is 6.92 Å². The molecule has 0 amide bonds. The van der Waals surface area contributed by atoms with Crippen molar-refractivity contribution in [3.63, 3.8) is 0 Å². The summed E-state index contributed by atoms with van der Waals surface area (Å²) >= 11 is 1.63. The molecule has 6 N–H and O–H groups in total. The van der Waals surface area contributed by atoms with Gasteiger partial charge in [-0.05, 0) is 28.8 Å². The van der Waals surface area contributed by atoms with Crippen molar-refractivity contribution in [2.75, 3.05) is 0 Å². The molecule has 0 saturated heterocycles. The van der Waals surface area contributed by atoms with Crippen LogP contribution >= 0.6 is 11.3 Å². The number of hydrogen-bond donors (Lipinski definition) is 3. The lowest BCUT2D eigenvalue weighted by Crippen LogP contribution is -2.26. The summed E-state index contributed by atoms with van der Waals surface area (Å²) in [6.45, 7) is 2.04. The van der Waals surface area contributed by atoms with E-state index in [0.29, 0.717) is 0 Å². The van der Waals surface area contributed by atoms with Crippen molar-refractivity contribution in [2.24, 2.45) is 27.2 Å². The Labute approximate surface area is 92.7 Å². The lowest BCUT2D eigenvalue weighted by atomic mass is 10.1. The number of rotatable bonds is 3. The fourth-order valence-corrected chi connectivity index (χ4v) is 1.89. The summed E-state index contributed by atoms with van der Waals surface area (Å²) in [7, 11) is 0. The van der Waals surface area contributed by atoms with Crippen molar-refractivity contribution in [2.45, 2.75) is 19.4 Å². The molecule has 1 aromatic heterocycles. The Morgan fingerprint density at radius 1 is 1.47 bits per heavy atom. The molecule has 0 aliphatic heterocycles. The molecule has 5 nitrogen and oxygen atoms in total. The third-order valence-corrected chi connectivity index (χ3v) is 2.55. The normalized spacial score (nSPS) is 13.5. The van der Waals surface area contributed by atoms with Gasteiger partial charge < -0.3 is 17.2 Å². The molecule has 0 saturated carbocycles. The molecule has 1 atom stereocenters. The molecule has 15 heavy (non-hydrogen) atoms. The third-order valence-electron chi connectivity index (χ3n) is 1.85. The van der Waals surface area contributed by atoms with Gasteiger partial charge in [-0.15, -0.1) is 0 Å². The third kappa shape index (κ3) is 3.59. The fraction of sp³-hybridized carbons (Fsp3) is 0.333. The molecule has 1 heterocycles. The van der Waals surface area contributed by atoms with Crippen LogP contribution in [0.2, 0.25) is 0 Å². The van der Waals surface area contributed by atoms with E-state index in [1.807, 2.05) is 23.8 Å². The molecular weight excluding hydrogens is 210 g/mol. The number of thiophene rings is 1. The number of guanidine groups is 2. The Bertz CT molecular complexity index is 351. The van der Waals surface area contributed by atoms with Gasteiger partial charge in [0.05, 0.1) is 6.04 Å². The standard InChI is InChI=1S/C9H15N5S/c1-2-7(6-3-4-15-5-6)13-9(12)14-8(10)11/h3-5,7H,2H2,1H3,(H6,10,11,12,13,14)/t7-/m0/s1. The summed E-state index contributed by atoms with van der Waals surface area (Å²) in [6.07, 6.45) is 0.859. The number of hydrogen-bond acceptors (Lipinski definition) is 2. The SMILES string of the molecule is CC[C@H](N=C(N)N=C(N)N)c1ccsc1. The molecule has 0 unspecified atom stereocenters. The van der Waals surface area contributed by atoms with Crippen molar-refractivity contribution in [3.8, 4) is 0 Å². The number of nitrogens with two attached hydrogens (primary N) is 3. The highest BCUT2D eigenvalue weighted by Crippen LogP contribution is 2.22. The maximum Gasteiger partial charge on any atom is 0.219 e. The van der Waals surface area contributed by atoms with Crippen LogP contribution in [0, 0.1) is 0 Å². The van der Waals surface area contributed by atoms with Crippen LogP contribution < -0.4 is 17.2 Å². The van der Waals surface area contributed by atoms with E-state index in [0.717, 1.165) is 12.0 Å². The minimum absolute atomic E-state index is 0.0272. The van der Waals surface area contributed by atoms with Crippen LogP contribution in [0.3, 0.4) is 0 Å². The molecule has 6 heteroatoms. The van der Waals surface area contributed by atoms with Crippen LogP contribution in [0.1, 0.15) is 24.9 Å². The monoisotopic (exact) mass is 225 g/mol. The van der Waals surface area contributed by atoms with Gasteiger partial charge in [-0.3, -0.25) is 0 Å². The molecule has 0 bridgehead atoms. The van der Waals surface area contributed by atoms with Crippen LogP contribution in [-0.4, -0.2) is 11.9 Å². The minimum atomic E-state index is -0.0728. The minimum Gasteiger partial charge on any atom is -0.370 e. The van der Waals surface area contributed by atoms with Crippen LogP contribution in [0.15, 0.2) is 26.8 Å². The van der Waals surface area contributed by atoms with Crippen molar-refractivity contribution in [1.29, 1.82) is 0 Å². The number of nitrogens with zero attached hydrogens (tertiary/aromatic N) is 2. The first-order valence-electron chi connectivity index (χ1n) is 4.58. The Morgan fingerprint density at radius 2 is 2.20 bits per heavy atom. The van der Waals surface area contributed by atoms with E-state index in [9.17, 15) is 0 Å². The van der Waals surface area contributed by atoms with Gasteiger partial charge in [0.15, 0.2) is 5.96 Å². The molecule has 1 rings (SSSR count). The molecule has 0 aliphatic carbocycles. The van der Waals surface area contributed by atoms with Gasteiger partial charge in [0.2, 0.25) is 5.96 Å². The van der Waals surface area contributed by atoms with Crippen molar-refractivity contribution >= 4 is 23.3 Å². The summed E-state index contributed by atoms with van der Waals surface area (Å²) in [6, 6.07) is 2.05. The second kappa shape index (κ2) is 5.35. The maximum atomic E-state index is 5.56. The fourth-order valence-electron chi connectivity index (χ4n) is 1.19. The van der Waals surface area contributed by atoms with E-state index in [-0.39, 0.29) is 18.0 Å². The lowest BCUT2D eigenvalue weighted by Gasteiger charge is -2.07. The first-order chi connectivity index (χ1) is 7.13. The van der Waals surface area contributed by atoms with Gasteiger partial charge in [0.1, 0.15) is 0 Å². The van der Waals surface area contributed by atoms with Crippen LogP contribution in [0.4, 0.5) is 0 Å². The van der Waals surface area contributed by atoms with Gasteiger partial charge in [0, 0.05) is 0 Å². The smallest absolute Gasteiger partial charge is 0.219 e. The number of aliphatic imine (C=N–C) groups is 2. The van der Waals surface area contributed by atoms with Gasteiger partial charge >= 0.3 is 0 Å². The second-order valence-corrected chi connectivity index (χ2v) is 3.78. The molecule has 82 valence electrons. The van der Waals surface area contributed by atoms with E-state index < -0.39 is 0 Å². The van der Waals surface area contributed by atoms with Crippen LogP contribution in [0.5, 0.6) is 0 Å². The van der Waals surface area contributed by atoms with E-state index in [4.69, 9.17) is 17.2 Å². The average molecular weight is 225 g/mol. The van der Waals surface area contributed by atoms with Crippen LogP contribution in [0.25, 0.3) is 0 Å². The Morgan fingerprint density at radius 3 is 2.67 bits per heavy atom. The van der Waals surface area contributed by atoms with Gasteiger partial charge in [-0.25, -0.2) is 4.99 Å². The second-order valence-electron chi connectivity index (χ2n) is 3.00. The summed E-state index contributed by atoms with van der Waals surface area (Å²) in [5, 5.41) is 4.05. The van der Waals surface area contributed by atoms with E-state index >= 15 is 0 Å². The van der Waals surface area contributed by atoms with E-state index in [1.165, 1.54) is 0 Å². The maximum absolute atomic E-state index is 5.56. The zero-order valence-corrected chi connectivity index (χ0v) is 9.37. The molecule has 0 aromatic carbocycles. The predicted octanol–water partition coefficient (Wildman–Crippen LogP) is 0.787. The van der Waals surface area contributed by atoms with E-state index in [2.05, 4.69) is 9.98 Å².